The zero-order valence-corrected chi connectivity index (χ0v) is 18.5. The predicted molar refractivity (Wildman–Crippen MR) is 122 cm³/mol. The summed E-state index contributed by atoms with van der Waals surface area (Å²) >= 11 is 6.41. The average molecular weight is 474 g/mol. The molecule has 33 heavy (non-hydrogen) atoms. The Kier molecular flexibility index (Phi) is 5.86. The third-order valence-corrected chi connectivity index (χ3v) is 6.00. The van der Waals surface area contributed by atoms with Crippen molar-refractivity contribution in [1.82, 2.24) is 25.6 Å². The highest BCUT2D eigenvalue weighted by Crippen LogP contribution is 2.39. The minimum Gasteiger partial charge on any atom is -0.439 e. The first-order chi connectivity index (χ1) is 16.0. The molecule has 0 amide bonds. The summed E-state index contributed by atoms with van der Waals surface area (Å²) in [5, 5.41) is 9.21. The lowest BCUT2D eigenvalue weighted by Gasteiger charge is -2.29. The number of aromatic nitrogens is 3. The monoisotopic (exact) mass is 473 g/mol. The molecule has 0 radical (unpaired) electrons. The Labute approximate surface area is 194 Å². The lowest BCUT2D eigenvalue weighted by molar-refractivity contribution is 0.229. The lowest BCUT2D eigenvalue weighted by Crippen LogP contribution is -2.43. The smallest absolute Gasteiger partial charge is 0.243 e. The minimum atomic E-state index is -1.58. The Hall–Kier alpha value is -3.24. The molecule has 3 N–H and O–H groups in total. The van der Waals surface area contributed by atoms with E-state index in [0.29, 0.717) is 11.5 Å². The SMILES string of the molecule is CC1=CC2C(=C(F)C=C(Oc3ncnc(Nc4ccc(N5CCNCC5)cn4)c3Cl)C2F)N1. The van der Waals surface area contributed by atoms with Crippen LogP contribution in [0.15, 0.2) is 59.8 Å². The maximum absolute atomic E-state index is 15.0. The van der Waals surface area contributed by atoms with Crippen LogP contribution >= 0.6 is 11.6 Å². The number of hydrogen-bond acceptors (Lipinski definition) is 8. The zero-order valence-electron chi connectivity index (χ0n) is 17.8. The molecule has 2 aromatic heterocycles. The van der Waals surface area contributed by atoms with Gasteiger partial charge in [-0.25, -0.2) is 23.7 Å². The number of hydrogen-bond donors (Lipinski definition) is 3. The van der Waals surface area contributed by atoms with E-state index in [1.165, 1.54) is 6.33 Å². The van der Waals surface area contributed by atoms with Gasteiger partial charge in [0.15, 0.2) is 12.0 Å². The van der Waals surface area contributed by atoms with Crippen molar-refractivity contribution in [1.29, 1.82) is 0 Å². The Bertz CT molecular complexity index is 1150. The van der Waals surface area contributed by atoms with Crippen molar-refractivity contribution in [2.24, 2.45) is 5.92 Å². The summed E-state index contributed by atoms with van der Waals surface area (Å²) in [5.41, 5.74) is 1.90. The quantitative estimate of drug-likeness (QED) is 0.607. The molecule has 1 saturated heterocycles. The standard InChI is InChI=1S/C22H22ClF2N7O/c1-12-8-14-19(25)16(9-15(24)20(14)30-12)33-22-18(23)21(28-11-29-22)31-17-3-2-13(10-27-17)32-6-4-26-5-7-32/h2-3,8-11,14,19,26,30H,4-7H2,1H3,(H,27,28,29,31). The van der Waals surface area contributed by atoms with Crippen molar-refractivity contribution < 1.29 is 13.5 Å². The summed E-state index contributed by atoms with van der Waals surface area (Å²) in [7, 11) is 0. The topological polar surface area (TPSA) is 87.2 Å². The fourth-order valence-electron chi connectivity index (χ4n) is 4.00. The highest BCUT2D eigenvalue weighted by molar-refractivity contribution is 6.34. The van der Waals surface area contributed by atoms with Crippen LogP contribution in [0.1, 0.15) is 6.92 Å². The fourth-order valence-corrected chi connectivity index (χ4v) is 4.18. The number of anilines is 3. The number of nitrogens with one attached hydrogen (secondary N) is 3. The fraction of sp³-hybridized carbons (Fsp3) is 0.318. The number of pyridine rings is 1. The third kappa shape index (κ3) is 4.36. The van der Waals surface area contributed by atoms with E-state index in [1.54, 1.807) is 19.2 Å². The van der Waals surface area contributed by atoms with Crippen LogP contribution in [0, 0.1) is 5.92 Å². The largest absolute Gasteiger partial charge is 0.439 e. The zero-order chi connectivity index (χ0) is 22.9. The van der Waals surface area contributed by atoms with E-state index in [2.05, 4.69) is 35.8 Å². The van der Waals surface area contributed by atoms with Crippen molar-refractivity contribution in [3.8, 4) is 5.88 Å². The van der Waals surface area contributed by atoms with E-state index in [-0.39, 0.29) is 28.2 Å². The second-order valence-electron chi connectivity index (χ2n) is 7.92. The molecule has 4 heterocycles. The van der Waals surface area contributed by atoms with E-state index < -0.39 is 17.9 Å². The van der Waals surface area contributed by atoms with Crippen LogP contribution in [-0.2, 0) is 0 Å². The first-order valence-electron chi connectivity index (χ1n) is 10.6. The van der Waals surface area contributed by atoms with Gasteiger partial charge in [-0.15, -0.1) is 0 Å². The maximum Gasteiger partial charge on any atom is 0.243 e. The van der Waals surface area contributed by atoms with Crippen LogP contribution in [0.5, 0.6) is 5.88 Å². The van der Waals surface area contributed by atoms with Gasteiger partial charge in [0.1, 0.15) is 28.8 Å². The van der Waals surface area contributed by atoms with E-state index >= 15 is 4.39 Å². The Morgan fingerprint density at radius 3 is 2.79 bits per heavy atom. The lowest BCUT2D eigenvalue weighted by atomic mass is 9.94. The molecule has 8 nitrogen and oxygen atoms in total. The van der Waals surface area contributed by atoms with Crippen molar-refractivity contribution >= 4 is 28.9 Å². The van der Waals surface area contributed by atoms with E-state index in [9.17, 15) is 4.39 Å². The molecule has 1 fully saturated rings. The van der Waals surface area contributed by atoms with E-state index in [1.807, 2.05) is 12.1 Å². The van der Waals surface area contributed by atoms with Crippen molar-refractivity contribution in [3.63, 3.8) is 0 Å². The molecule has 0 bridgehead atoms. The second-order valence-corrected chi connectivity index (χ2v) is 8.30. The van der Waals surface area contributed by atoms with Crippen molar-refractivity contribution in [3.05, 3.63) is 64.8 Å². The summed E-state index contributed by atoms with van der Waals surface area (Å²) in [4.78, 5) is 14.8. The minimum absolute atomic E-state index is 0.0324. The van der Waals surface area contributed by atoms with Crippen LogP contribution in [0.4, 0.5) is 26.1 Å². The van der Waals surface area contributed by atoms with Gasteiger partial charge in [-0.05, 0) is 19.1 Å². The third-order valence-electron chi connectivity index (χ3n) is 5.66. The molecule has 3 aliphatic rings. The number of alkyl halides is 1. The van der Waals surface area contributed by atoms with Gasteiger partial charge in [-0.1, -0.05) is 17.7 Å². The summed E-state index contributed by atoms with van der Waals surface area (Å²) in [6.45, 7) is 5.45. The number of rotatable bonds is 5. The molecule has 0 spiro atoms. The van der Waals surface area contributed by atoms with Gasteiger partial charge >= 0.3 is 0 Å². The van der Waals surface area contributed by atoms with Gasteiger partial charge in [0.05, 0.1) is 23.5 Å². The number of fused-ring (bicyclic) bond motifs is 1. The molecule has 2 unspecified atom stereocenters. The highest BCUT2D eigenvalue weighted by atomic mass is 35.5. The molecule has 172 valence electrons. The molecule has 2 atom stereocenters. The van der Waals surface area contributed by atoms with Gasteiger partial charge in [0.2, 0.25) is 5.88 Å². The summed E-state index contributed by atoms with van der Waals surface area (Å²) in [5.74, 6) is -0.888. The molecule has 11 heteroatoms. The van der Waals surface area contributed by atoms with Crippen LogP contribution < -0.4 is 25.6 Å². The van der Waals surface area contributed by atoms with Gasteiger partial charge in [0.25, 0.3) is 0 Å². The van der Waals surface area contributed by atoms with Gasteiger partial charge in [-0.3, -0.25) is 0 Å². The first-order valence-corrected chi connectivity index (χ1v) is 11.0. The number of allylic oxidation sites excluding steroid dienone is 5. The highest BCUT2D eigenvalue weighted by Gasteiger charge is 2.38. The number of piperazine rings is 1. The molecule has 1 aliphatic carbocycles. The summed E-state index contributed by atoms with van der Waals surface area (Å²) < 4.78 is 35.0. The number of halogens is 3. The van der Waals surface area contributed by atoms with Crippen molar-refractivity contribution in [2.45, 2.75) is 13.1 Å². The van der Waals surface area contributed by atoms with Crippen LogP contribution in [-0.4, -0.2) is 47.3 Å². The van der Waals surface area contributed by atoms with E-state index in [0.717, 1.165) is 37.9 Å². The molecule has 2 aromatic rings. The number of ether oxygens (including phenoxy) is 1. The average Bonchev–Trinajstić information content (AvgIpc) is 3.23. The van der Waals surface area contributed by atoms with Gasteiger partial charge in [0, 0.05) is 38.0 Å². The second kappa shape index (κ2) is 8.95. The Balaban J connectivity index is 1.32. The number of nitrogens with zero attached hydrogens (tertiary/aromatic N) is 4. The van der Waals surface area contributed by atoms with Crippen LogP contribution in [0.2, 0.25) is 5.02 Å². The van der Waals surface area contributed by atoms with Crippen LogP contribution in [0.3, 0.4) is 0 Å². The normalized spacial score (nSPS) is 22.4. The molecular formula is C22H22ClF2N7O. The molecule has 0 saturated carbocycles. The summed E-state index contributed by atoms with van der Waals surface area (Å²) in [6.07, 6.45) is 4.07. The summed E-state index contributed by atoms with van der Waals surface area (Å²) in [6, 6.07) is 3.78. The molecular weight excluding hydrogens is 452 g/mol. The van der Waals surface area contributed by atoms with Crippen LogP contribution in [0.25, 0.3) is 0 Å². The predicted octanol–water partition coefficient (Wildman–Crippen LogP) is 3.60. The van der Waals surface area contributed by atoms with Gasteiger partial charge in [-0.2, -0.15) is 0 Å². The van der Waals surface area contributed by atoms with E-state index in [4.69, 9.17) is 16.3 Å². The molecule has 2 aliphatic heterocycles. The van der Waals surface area contributed by atoms with Crippen molar-refractivity contribution in [2.75, 3.05) is 36.4 Å². The molecule has 0 aromatic carbocycles. The van der Waals surface area contributed by atoms with Gasteiger partial charge < -0.3 is 25.6 Å². The Morgan fingerprint density at radius 1 is 1.21 bits per heavy atom. The Morgan fingerprint density at radius 2 is 2.03 bits per heavy atom. The molecule has 5 rings (SSSR count). The maximum atomic E-state index is 15.0. The first kappa shape index (κ1) is 21.6.